The van der Waals surface area contributed by atoms with Crippen molar-refractivity contribution in [2.75, 3.05) is 23.9 Å². The van der Waals surface area contributed by atoms with Gasteiger partial charge in [0.15, 0.2) is 11.5 Å². The van der Waals surface area contributed by atoms with Crippen LogP contribution in [0.4, 0.5) is 11.5 Å². The minimum absolute atomic E-state index is 0.00670. The number of nitrogens with two attached hydrogens (primary N) is 1. The van der Waals surface area contributed by atoms with Crippen LogP contribution in [0.15, 0.2) is 48.7 Å². The number of benzene rings is 2. The zero-order valence-corrected chi connectivity index (χ0v) is 23.4. The van der Waals surface area contributed by atoms with Crippen molar-refractivity contribution in [3.05, 3.63) is 76.5 Å². The summed E-state index contributed by atoms with van der Waals surface area (Å²) in [6.45, 7) is 1.81. The van der Waals surface area contributed by atoms with Crippen LogP contribution in [0.2, 0.25) is 0 Å². The number of carbonyl (C=O) groups is 4. The topological polar surface area (TPSA) is 144 Å². The Morgan fingerprint density at radius 1 is 0.976 bits per heavy atom. The first-order valence-electron chi connectivity index (χ1n) is 13.9. The number of carbonyl (C=O) groups excluding carboxylic acids is 4. The Bertz CT molecular complexity index is 1620. The minimum atomic E-state index is -0.579. The van der Waals surface area contributed by atoms with E-state index in [1.165, 1.54) is 12.3 Å². The van der Waals surface area contributed by atoms with Gasteiger partial charge in [0, 0.05) is 23.5 Å². The maximum absolute atomic E-state index is 13.7. The number of hydrogen-bond donors (Lipinski definition) is 2. The Balaban J connectivity index is 1.22. The molecule has 0 spiro atoms. The van der Waals surface area contributed by atoms with Crippen molar-refractivity contribution in [2.24, 2.45) is 5.73 Å². The van der Waals surface area contributed by atoms with Crippen molar-refractivity contribution >= 4 is 35.1 Å². The smallest absolute Gasteiger partial charge is 0.263 e. The lowest BCUT2D eigenvalue weighted by molar-refractivity contribution is -0.116. The van der Waals surface area contributed by atoms with E-state index in [1.807, 2.05) is 37.3 Å². The number of amides is 4. The number of anilines is 2. The molecule has 42 heavy (non-hydrogen) atoms. The van der Waals surface area contributed by atoms with Crippen molar-refractivity contribution in [2.45, 2.75) is 51.3 Å². The number of hydrogen-bond acceptors (Lipinski definition) is 8. The molecule has 6 rings (SSSR count). The van der Waals surface area contributed by atoms with Crippen LogP contribution >= 0.6 is 0 Å². The molecule has 1 aromatic heterocycles. The predicted molar refractivity (Wildman–Crippen MR) is 154 cm³/mol. The van der Waals surface area contributed by atoms with E-state index in [0.29, 0.717) is 28.3 Å². The number of fused-ring (bicyclic) bond motifs is 2. The molecular weight excluding hydrogens is 538 g/mol. The highest BCUT2D eigenvalue weighted by Crippen LogP contribution is 2.42. The summed E-state index contributed by atoms with van der Waals surface area (Å²) in [6.07, 6.45) is 5.72. The van der Waals surface area contributed by atoms with Crippen molar-refractivity contribution in [1.29, 1.82) is 0 Å². The highest BCUT2D eigenvalue weighted by atomic mass is 16.5. The second-order valence-electron chi connectivity index (χ2n) is 10.8. The first-order chi connectivity index (χ1) is 20.2. The van der Waals surface area contributed by atoms with Gasteiger partial charge in [-0.2, -0.15) is 0 Å². The third-order valence-corrected chi connectivity index (χ3v) is 8.07. The normalized spacial score (nSPS) is 18.0. The van der Waals surface area contributed by atoms with E-state index in [1.54, 1.807) is 18.1 Å². The molecule has 1 atom stereocenters. The van der Waals surface area contributed by atoms with Gasteiger partial charge in [0.05, 0.1) is 43.5 Å². The summed E-state index contributed by atoms with van der Waals surface area (Å²) < 4.78 is 11.8. The van der Waals surface area contributed by atoms with Crippen molar-refractivity contribution < 1.29 is 28.7 Å². The monoisotopic (exact) mass is 569 g/mol. The molecule has 1 saturated carbocycles. The SMILES string of the molecule is COc1ccc(N2C(=O)c3cc(CN4C(=O)c5cnc(NCC(N)=O)cc5C4=O)ccc3C2C)cc1OC1CCCC1. The van der Waals surface area contributed by atoms with E-state index >= 15 is 0 Å². The van der Waals surface area contributed by atoms with Gasteiger partial charge in [-0.05, 0) is 68.0 Å². The fourth-order valence-electron chi connectivity index (χ4n) is 5.92. The fourth-order valence-corrected chi connectivity index (χ4v) is 5.92. The summed E-state index contributed by atoms with van der Waals surface area (Å²) in [6, 6.07) is 12.2. The van der Waals surface area contributed by atoms with Gasteiger partial charge in [-0.25, -0.2) is 4.98 Å². The lowest BCUT2D eigenvalue weighted by Gasteiger charge is -2.24. The Hall–Kier alpha value is -4.93. The van der Waals surface area contributed by atoms with Crippen LogP contribution in [0.3, 0.4) is 0 Å². The highest BCUT2D eigenvalue weighted by Gasteiger charge is 2.38. The Labute approximate surface area is 242 Å². The molecule has 3 N–H and O–H groups in total. The van der Waals surface area contributed by atoms with Crippen LogP contribution in [0.1, 0.15) is 80.8 Å². The number of rotatable bonds is 9. The molecule has 0 saturated heterocycles. The van der Waals surface area contributed by atoms with Gasteiger partial charge in [0.2, 0.25) is 5.91 Å². The first kappa shape index (κ1) is 27.3. The van der Waals surface area contributed by atoms with Gasteiger partial charge in [0.25, 0.3) is 17.7 Å². The summed E-state index contributed by atoms with van der Waals surface area (Å²) in [5, 5.41) is 2.73. The molecule has 1 aliphatic carbocycles. The Morgan fingerprint density at radius 3 is 2.48 bits per heavy atom. The molecule has 0 bridgehead atoms. The number of primary amides is 1. The standard InChI is InChI=1S/C31H31N5O6/c1-17-21-9-7-18(16-35-29(38)23-13-28(34-15-27(32)37)33-14-24(23)30(35)39)11-22(21)31(40)36(17)19-8-10-25(41-2)26(12-19)42-20-5-3-4-6-20/h7-14,17,20H,3-6,15-16H2,1-2H3,(H2,32,37)(H,33,34). The molecule has 11 heteroatoms. The molecule has 3 aromatic rings. The van der Waals surface area contributed by atoms with E-state index in [-0.39, 0.29) is 48.1 Å². The lowest BCUT2D eigenvalue weighted by atomic mass is 10.0. The average Bonchev–Trinajstić information content (AvgIpc) is 3.65. The zero-order chi connectivity index (χ0) is 29.5. The Morgan fingerprint density at radius 2 is 1.74 bits per heavy atom. The number of aromatic nitrogens is 1. The molecule has 1 fully saturated rings. The fraction of sp³-hybridized carbons (Fsp3) is 0.323. The van der Waals surface area contributed by atoms with E-state index in [0.717, 1.165) is 36.1 Å². The number of methoxy groups -OCH3 is 1. The maximum Gasteiger partial charge on any atom is 0.263 e. The van der Waals surface area contributed by atoms with E-state index < -0.39 is 17.7 Å². The van der Waals surface area contributed by atoms with Crippen molar-refractivity contribution in [3.63, 3.8) is 0 Å². The summed E-state index contributed by atoms with van der Waals surface area (Å²) in [7, 11) is 1.60. The van der Waals surface area contributed by atoms with E-state index in [9.17, 15) is 19.2 Å². The van der Waals surface area contributed by atoms with Gasteiger partial charge in [-0.3, -0.25) is 24.1 Å². The van der Waals surface area contributed by atoms with Crippen LogP contribution in [0, 0.1) is 0 Å². The maximum atomic E-state index is 13.7. The van der Waals surface area contributed by atoms with Gasteiger partial charge in [0.1, 0.15) is 5.82 Å². The first-order valence-corrected chi connectivity index (χ1v) is 13.9. The van der Waals surface area contributed by atoms with Gasteiger partial charge in [-0.1, -0.05) is 12.1 Å². The lowest BCUT2D eigenvalue weighted by Crippen LogP contribution is -2.29. The second kappa shape index (κ2) is 10.8. The van der Waals surface area contributed by atoms with E-state index in [4.69, 9.17) is 15.2 Å². The van der Waals surface area contributed by atoms with Crippen LogP contribution in [0.25, 0.3) is 0 Å². The van der Waals surface area contributed by atoms with Gasteiger partial charge in [-0.15, -0.1) is 0 Å². The molecule has 2 aromatic carbocycles. The summed E-state index contributed by atoms with van der Waals surface area (Å²) in [5.74, 6) is -0.196. The average molecular weight is 570 g/mol. The summed E-state index contributed by atoms with van der Waals surface area (Å²) >= 11 is 0. The van der Waals surface area contributed by atoms with Crippen molar-refractivity contribution in [1.82, 2.24) is 9.88 Å². The predicted octanol–water partition coefficient (Wildman–Crippen LogP) is 3.83. The molecule has 4 amide bonds. The molecule has 216 valence electrons. The van der Waals surface area contributed by atoms with Crippen LogP contribution < -0.4 is 25.4 Å². The molecule has 3 aliphatic rings. The number of ether oxygens (including phenoxy) is 2. The van der Waals surface area contributed by atoms with Crippen LogP contribution in [-0.4, -0.2) is 53.3 Å². The third kappa shape index (κ3) is 4.80. The van der Waals surface area contributed by atoms with E-state index in [2.05, 4.69) is 10.3 Å². The number of nitrogens with one attached hydrogen (secondary N) is 1. The molecule has 3 heterocycles. The summed E-state index contributed by atoms with van der Waals surface area (Å²) in [4.78, 5) is 58.0. The van der Waals surface area contributed by atoms with Gasteiger partial charge >= 0.3 is 0 Å². The number of imide groups is 1. The molecule has 11 nitrogen and oxygen atoms in total. The quantitative estimate of drug-likeness (QED) is 0.370. The minimum Gasteiger partial charge on any atom is -0.493 e. The second-order valence-corrected chi connectivity index (χ2v) is 10.8. The molecular formula is C31H31N5O6. The third-order valence-electron chi connectivity index (χ3n) is 8.07. The summed E-state index contributed by atoms with van der Waals surface area (Å²) in [5.41, 5.74) is 8.25. The highest BCUT2D eigenvalue weighted by molar-refractivity contribution is 6.21. The molecule has 0 radical (unpaired) electrons. The molecule has 2 aliphatic heterocycles. The van der Waals surface area contributed by atoms with Gasteiger partial charge < -0.3 is 25.4 Å². The number of nitrogens with zero attached hydrogens (tertiary/aromatic N) is 3. The van der Waals surface area contributed by atoms with Crippen LogP contribution in [-0.2, 0) is 11.3 Å². The Kier molecular flexibility index (Phi) is 7.01. The largest absolute Gasteiger partial charge is 0.493 e. The van der Waals surface area contributed by atoms with Crippen LogP contribution in [0.5, 0.6) is 11.5 Å². The molecule has 1 unspecified atom stereocenters. The van der Waals surface area contributed by atoms with Crippen molar-refractivity contribution in [3.8, 4) is 11.5 Å². The zero-order valence-electron chi connectivity index (χ0n) is 23.4. The number of pyridine rings is 1.